The highest BCUT2D eigenvalue weighted by atomic mass is 19.3. The Morgan fingerprint density at radius 2 is 0.571 bits per heavy atom. The Morgan fingerprint density at radius 1 is 0.254 bits per heavy atom. The van der Waals surface area contributed by atoms with Crippen molar-refractivity contribution in [1.82, 2.24) is 15.0 Å². The molecule has 11 rings (SSSR count). The second-order valence-corrected chi connectivity index (χ2v) is 15.8. The summed E-state index contributed by atoms with van der Waals surface area (Å²) in [5.74, 6) is -2.46. The van der Waals surface area contributed by atoms with Crippen LogP contribution in [0.3, 0.4) is 0 Å². The van der Waals surface area contributed by atoms with E-state index in [1.165, 1.54) is 0 Å². The van der Waals surface area contributed by atoms with Gasteiger partial charge in [-0.15, -0.1) is 0 Å². The van der Waals surface area contributed by atoms with Crippen molar-refractivity contribution in [3.8, 4) is 101 Å². The number of aromatic nitrogens is 3. The van der Waals surface area contributed by atoms with E-state index in [1.807, 2.05) is 152 Å². The molecule has 10 aromatic rings. The molecule has 298 valence electrons. The average molecular weight is 814 g/mol. The predicted octanol–water partition coefficient (Wildman–Crippen LogP) is 15.3. The molecule has 5 heteroatoms. The second kappa shape index (κ2) is 15.7. The molecule has 2 heterocycles. The Kier molecular flexibility index (Phi) is 9.43. The van der Waals surface area contributed by atoms with Crippen LogP contribution in [0.4, 0.5) is 8.78 Å². The van der Waals surface area contributed by atoms with E-state index in [-0.39, 0.29) is 11.1 Å². The van der Waals surface area contributed by atoms with Crippen LogP contribution in [0.15, 0.2) is 224 Å². The lowest BCUT2D eigenvalue weighted by atomic mass is 9.95. The maximum Gasteiger partial charge on any atom is 0.299 e. The molecular formula is C58H37F2N3. The van der Waals surface area contributed by atoms with Crippen molar-refractivity contribution < 1.29 is 8.78 Å². The van der Waals surface area contributed by atoms with E-state index in [9.17, 15) is 0 Å². The van der Waals surface area contributed by atoms with Crippen molar-refractivity contribution >= 4 is 0 Å². The first kappa shape index (κ1) is 37.8. The van der Waals surface area contributed by atoms with Crippen LogP contribution in [-0.4, -0.2) is 15.0 Å². The molecule has 0 spiro atoms. The van der Waals surface area contributed by atoms with Gasteiger partial charge in [-0.1, -0.05) is 194 Å². The zero-order valence-electron chi connectivity index (χ0n) is 34.0. The number of rotatable bonds is 8. The summed E-state index contributed by atoms with van der Waals surface area (Å²) < 4.78 is 32.2. The average Bonchev–Trinajstić information content (AvgIpc) is 3.59. The van der Waals surface area contributed by atoms with Gasteiger partial charge in [-0.2, -0.15) is 8.78 Å². The Hall–Kier alpha value is -8.15. The third-order valence-electron chi connectivity index (χ3n) is 11.9. The Bertz CT molecular complexity index is 2920. The van der Waals surface area contributed by atoms with Gasteiger partial charge in [0.15, 0.2) is 5.82 Å². The Balaban J connectivity index is 0.909. The minimum atomic E-state index is -3.11. The summed E-state index contributed by atoms with van der Waals surface area (Å²) in [4.78, 5) is 15.0. The smallest absolute Gasteiger partial charge is 0.248 e. The van der Waals surface area contributed by atoms with Crippen LogP contribution in [0.2, 0.25) is 0 Å². The van der Waals surface area contributed by atoms with Gasteiger partial charge in [0.1, 0.15) is 0 Å². The molecule has 1 aliphatic carbocycles. The number of halogens is 2. The van der Waals surface area contributed by atoms with Gasteiger partial charge in [0, 0.05) is 38.9 Å². The molecule has 0 aliphatic heterocycles. The van der Waals surface area contributed by atoms with Crippen molar-refractivity contribution in [2.45, 2.75) is 5.92 Å². The van der Waals surface area contributed by atoms with Crippen molar-refractivity contribution in [2.75, 3.05) is 0 Å². The maximum atomic E-state index is 16.1. The molecule has 63 heavy (non-hydrogen) atoms. The van der Waals surface area contributed by atoms with Crippen LogP contribution in [0.25, 0.3) is 101 Å². The Labute approximate surface area is 364 Å². The summed E-state index contributed by atoms with van der Waals surface area (Å²) >= 11 is 0. The molecule has 0 N–H and O–H groups in total. The van der Waals surface area contributed by atoms with E-state index in [0.717, 1.165) is 84.0 Å². The van der Waals surface area contributed by atoms with Crippen LogP contribution >= 0.6 is 0 Å². The van der Waals surface area contributed by atoms with Gasteiger partial charge in [0.25, 0.3) is 5.92 Å². The lowest BCUT2D eigenvalue weighted by Crippen LogP contribution is -2.10. The molecular weight excluding hydrogens is 777 g/mol. The summed E-state index contributed by atoms with van der Waals surface area (Å²) in [7, 11) is 0. The highest BCUT2D eigenvalue weighted by Crippen LogP contribution is 2.53. The number of pyridine rings is 1. The number of nitrogens with zero attached hydrogens (tertiary/aromatic N) is 3. The summed E-state index contributed by atoms with van der Waals surface area (Å²) in [5, 5.41) is 0. The third-order valence-corrected chi connectivity index (χ3v) is 11.9. The molecule has 0 radical (unpaired) electrons. The fraction of sp³-hybridized carbons (Fsp3) is 0.0172. The number of fused-ring (bicyclic) bond motifs is 3. The molecule has 0 fully saturated rings. The summed E-state index contributed by atoms with van der Waals surface area (Å²) in [5.41, 5.74) is 15.2. The molecule has 0 unspecified atom stereocenters. The largest absolute Gasteiger partial charge is 0.299 e. The molecule has 1 aliphatic rings. The van der Waals surface area contributed by atoms with Crippen LogP contribution in [0.1, 0.15) is 11.1 Å². The summed E-state index contributed by atoms with van der Waals surface area (Å²) in [6.07, 6.45) is 0. The quantitative estimate of drug-likeness (QED) is 0.153. The molecule has 0 amide bonds. The van der Waals surface area contributed by atoms with E-state index in [2.05, 4.69) is 48.5 Å². The van der Waals surface area contributed by atoms with Gasteiger partial charge in [0.05, 0.1) is 22.8 Å². The van der Waals surface area contributed by atoms with Crippen molar-refractivity contribution in [2.24, 2.45) is 0 Å². The van der Waals surface area contributed by atoms with E-state index in [4.69, 9.17) is 15.0 Å². The SMILES string of the molecule is FC1(F)c2ccc(-c3ccc(-c4cc(-c5ccccc5)cc(-c5ccccc5)n4)cc3)cc2-c2cc(-c3ccc(-c4cc(-c5ccccc5)nc(-c5ccccc5)n4)cc3)ccc21. The van der Waals surface area contributed by atoms with Crippen molar-refractivity contribution in [3.05, 3.63) is 236 Å². The van der Waals surface area contributed by atoms with Gasteiger partial charge >= 0.3 is 0 Å². The van der Waals surface area contributed by atoms with E-state index < -0.39 is 5.92 Å². The minimum absolute atomic E-state index is 0.0202. The topological polar surface area (TPSA) is 38.7 Å². The first-order chi connectivity index (χ1) is 30.9. The molecule has 0 saturated carbocycles. The monoisotopic (exact) mass is 813 g/mol. The fourth-order valence-electron chi connectivity index (χ4n) is 8.55. The van der Waals surface area contributed by atoms with Gasteiger partial charge in [-0.3, -0.25) is 0 Å². The zero-order chi connectivity index (χ0) is 42.3. The number of hydrogen-bond acceptors (Lipinski definition) is 3. The second-order valence-electron chi connectivity index (χ2n) is 15.8. The highest BCUT2D eigenvalue weighted by molar-refractivity contribution is 5.87. The third kappa shape index (κ3) is 7.19. The highest BCUT2D eigenvalue weighted by Gasteiger charge is 2.44. The van der Waals surface area contributed by atoms with Gasteiger partial charge in [-0.25, -0.2) is 15.0 Å². The predicted molar refractivity (Wildman–Crippen MR) is 252 cm³/mol. The maximum absolute atomic E-state index is 16.1. The lowest BCUT2D eigenvalue weighted by molar-refractivity contribution is 0.0480. The van der Waals surface area contributed by atoms with Crippen LogP contribution in [0, 0.1) is 0 Å². The molecule has 0 bridgehead atoms. The minimum Gasteiger partial charge on any atom is -0.248 e. The fourth-order valence-corrected chi connectivity index (χ4v) is 8.55. The number of alkyl halides is 2. The van der Waals surface area contributed by atoms with Crippen molar-refractivity contribution in [3.63, 3.8) is 0 Å². The van der Waals surface area contributed by atoms with E-state index >= 15 is 8.78 Å². The van der Waals surface area contributed by atoms with Crippen LogP contribution in [-0.2, 0) is 5.92 Å². The molecule has 0 atom stereocenters. The first-order valence-corrected chi connectivity index (χ1v) is 21.0. The standard InChI is InChI=1S/C58H37F2N3/c59-58(60)51-31-29-46(39-21-25-43(26-22-39)54-36-48(38-13-5-1-6-14-38)35-53(61-54)41-15-7-2-8-16-41)33-49(51)50-34-47(30-32-52(50)58)40-23-27-44(28-24-40)56-37-55(42-17-9-3-10-18-42)62-57(63-56)45-19-11-4-12-20-45/h1-37H. The molecule has 0 saturated heterocycles. The summed E-state index contributed by atoms with van der Waals surface area (Å²) in [6, 6.07) is 73.7. The van der Waals surface area contributed by atoms with Crippen LogP contribution in [0.5, 0.6) is 0 Å². The van der Waals surface area contributed by atoms with Gasteiger partial charge in [-0.05, 0) is 74.8 Å². The molecule has 8 aromatic carbocycles. The number of hydrogen-bond donors (Lipinski definition) is 0. The Morgan fingerprint density at radius 3 is 1.00 bits per heavy atom. The van der Waals surface area contributed by atoms with E-state index in [0.29, 0.717) is 17.0 Å². The first-order valence-electron chi connectivity index (χ1n) is 21.0. The normalized spacial score (nSPS) is 12.4. The lowest BCUT2D eigenvalue weighted by Gasteiger charge is -2.13. The molecule has 3 nitrogen and oxygen atoms in total. The summed E-state index contributed by atoms with van der Waals surface area (Å²) in [6.45, 7) is 0. The van der Waals surface area contributed by atoms with Crippen molar-refractivity contribution in [1.29, 1.82) is 0 Å². The zero-order valence-corrected chi connectivity index (χ0v) is 34.0. The van der Waals surface area contributed by atoms with Gasteiger partial charge in [0.2, 0.25) is 0 Å². The van der Waals surface area contributed by atoms with Gasteiger partial charge < -0.3 is 0 Å². The number of benzene rings is 8. The molecule has 2 aromatic heterocycles. The van der Waals surface area contributed by atoms with E-state index in [1.54, 1.807) is 24.3 Å². The van der Waals surface area contributed by atoms with Crippen LogP contribution < -0.4 is 0 Å².